The van der Waals surface area contributed by atoms with Crippen LogP contribution in [-0.4, -0.2) is 11.5 Å². The highest BCUT2D eigenvalue weighted by Crippen LogP contribution is 2.50. The summed E-state index contributed by atoms with van der Waals surface area (Å²) in [6.07, 6.45) is 3.26. The quantitative estimate of drug-likeness (QED) is 0.743. The van der Waals surface area contributed by atoms with Crippen LogP contribution in [0.25, 0.3) is 16.5 Å². The Morgan fingerprint density at radius 1 is 1.26 bits per heavy atom. The number of para-hydroxylation sites is 1. The lowest BCUT2D eigenvalue weighted by molar-refractivity contribution is 0.272. The molecule has 3 atom stereocenters. The van der Waals surface area contributed by atoms with Crippen molar-refractivity contribution in [3.63, 3.8) is 0 Å². The normalized spacial score (nSPS) is 29.3. The van der Waals surface area contributed by atoms with Crippen molar-refractivity contribution in [2.24, 2.45) is 11.8 Å². The first kappa shape index (κ1) is 11.1. The fourth-order valence-corrected chi connectivity index (χ4v) is 3.88. The van der Waals surface area contributed by atoms with Gasteiger partial charge in [-0.05, 0) is 30.5 Å². The van der Waals surface area contributed by atoms with Crippen molar-refractivity contribution in [1.82, 2.24) is 10.3 Å². The summed E-state index contributed by atoms with van der Waals surface area (Å²) in [5, 5.41) is 5.00. The molecule has 3 unspecified atom stereocenters. The molecule has 0 saturated carbocycles. The van der Waals surface area contributed by atoms with Crippen molar-refractivity contribution in [2.45, 2.75) is 12.5 Å². The summed E-state index contributed by atoms with van der Waals surface area (Å²) < 4.78 is 0. The van der Waals surface area contributed by atoms with E-state index in [4.69, 9.17) is 0 Å². The number of aromatic nitrogens is 1. The van der Waals surface area contributed by atoms with Crippen LogP contribution in [0.15, 0.2) is 43.5 Å². The van der Waals surface area contributed by atoms with E-state index >= 15 is 0 Å². The highest BCUT2D eigenvalue weighted by atomic mass is 15.0. The van der Waals surface area contributed by atoms with Crippen molar-refractivity contribution < 1.29 is 0 Å². The molecule has 1 fully saturated rings. The van der Waals surface area contributed by atoms with Gasteiger partial charge in [0.2, 0.25) is 0 Å². The van der Waals surface area contributed by atoms with Crippen molar-refractivity contribution in [3.8, 4) is 0 Å². The summed E-state index contributed by atoms with van der Waals surface area (Å²) in [5.41, 5.74) is 5.11. The second-order valence-electron chi connectivity index (χ2n) is 5.62. The molecule has 2 N–H and O–H groups in total. The van der Waals surface area contributed by atoms with E-state index in [0.717, 1.165) is 13.0 Å². The second-order valence-corrected chi connectivity index (χ2v) is 5.62. The molecule has 4 rings (SSSR count). The number of aromatic amines is 1. The predicted octanol–water partition coefficient (Wildman–Crippen LogP) is 3.65. The minimum Gasteiger partial charge on any atom is -0.355 e. The van der Waals surface area contributed by atoms with Gasteiger partial charge in [-0.1, -0.05) is 30.9 Å². The smallest absolute Gasteiger partial charge is 0.0469 e. The van der Waals surface area contributed by atoms with Crippen molar-refractivity contribution in [1.29, 1.82) is 0 Å². The van der Waals surface area contributed by atoms with E-state index in [0.29, 0.717) is 17.9 Å². The number of hydrogen-bond acceptors (Lipinski definition) is 1. The van der Waals surface area contributed by atoms with E-state index in [1.165, 1.54) is 27.7 Å². The number of piperidine rings is 1. The Bertz CT molecular complexity index is 680. The summed E-state index contributed by atoms with van der Waals surface area (Å²) in [4.78, 5) is 3.57. The summed E-state index contributed by atoms with van der Waals surface area (Å²) in [5.74, 6) is 0.997. The summed E-state index contributed by atoms with van der Waals surface area (Å²) in [6.45, 7) is 9.48. The molecular formula is C17H18N2. The standard InChI is InChI=1S/C17H18N2/c1-3-11-12-8-9-18-17(11)15-13-6-4-5-7-14(13)19-16(15)10(12)2/h3-7,11-12,17-19H,1-2,8-9H2. The summed E-state index contributed by atoms with van der Waals surface area (Å²) in [7, 11) is 0. The third-order valence-corrected chi connectivity index (χ3v) is 4.77. The van der Waals surface area contributed by atoms with Gasteiger partial charge in [0.1, 0.15) is 0 Å². The summed E-state index contributed by atoms with van der Waals surface area (Å²) in [6, 6.07) is 8.92. The molecule has 2 aliphatic rings. The largest absolute Gasteiger partial charge is 0.355 e. The lowest BCUT2D eigenvalue weighted by Gasteiger charge is -2.43. The fourth-order valence-electron chi connectivity index (χ4n) is 3.88. The number of nitrogens with one attached hydrogen (secondary N) is 2. The monoisotopic (exact) mass is 250 g/mol. The molecule has 2 aromatic rings. The van der Waals surface area contributed by atoms with Crippen molar-refractivity contribution in [3.05, 3.63) is 54.8 Å². The fraction of sp³-hybridized carbons (Fsp3) is 0.294. The van der Waals surface area contributed by atoms with Gasteiger partial charge in [-0.3, -0.25) is 0 Å². The third-order valence-electron chi connectivity index (χ3n) is 4.77. The molecule has 96 valence electrons. The molecule has 0 spiro atoms. The second kappa shape index (κ2) is 3.84. The molecular weight excluding hydrogens is 232 g/mol. The number of allylic oxidation sites excluding steroid dienone is 1. The molecule has 1 aromatic carbocycles. The van der Waals surface area contributed by atoms with Crippen LogP contribution in [0.1, 0.15) is 23.7 Å². The molecule has 1 aromatic heterocycles. The van der Waals surface area contributed by atoms with Crippen LogP contribution in [0, 0.1) is 11.8 Å². The number of hydrogen-bond donors (Lipinski definition) is 2. The van der Waals surface area contributed by atoms with Crippen LogP contribution in [0.3, 0.4) is 0 Å². The van der Waals surface area contributed by atoms with Crippen LogP contribution in [-0.2, 0) is 0 Å². The minimum atomic E-state index is 0.382. The van der Waals surface area contributed by atoms with E-state index in [-0.39, 0.29) is 0 Å². The molecule has 2 heteroatoms. The molecule has 0 radical (unpaired) electrons. The van der Waals surface area contributed by atoms with Gasteiger partial charge in [0, 0.05) is 34.1 Å². The maximum Gasteiger partial charge on any atom is 0.0469 e. The first-order chi connectivity index (χ1) is 9.31. The molecule has 1 saturated heterocycles. The molecule has 2 bridgehead atoms. The van der Waals surface area contributed by atoms with E-state index < -0.39 is 0 Å². The Balaban J connectivity index is 2.04. The van der Waals surface area contributed by atoms with Crippen molar-refractivity contribution in [2.75, 3.05) is 6.54 Å². The van der Waals surface area contributed by atoms with Crippen LogP contribution in [0.2, 0.25) is 0 Å². The number of fused-ring (bicyclic) bond motifs is 6. The van der Waals surface area contributed by atoms with Crippen LogP contribution < -0.4 is 5.32 Å². The molecule has 2 heterocycles. The average molecular weight is 250 g/mol. The van der Waals surface area contributed by atoms with E-state index in [1.807, 2.05) is 0 Å². The SMILES string of the molecule is C=CC1C2CCNC1c1c([nH]c3ccccc13)C2=C. The van der Waals surface area contributed by atoms with Gasteiger partial charge in [0.15, 0.2) is 0 Å². The van der Waals surface area contributed by atoms with Gasteiger partial charge >= 0.3 is 0 Å². The van der Waals surface area contributed by atoms with Gasteiger partial charge < -0.3 is 10.3 Å². The lowest BCUT2D eigenvalue weighted by atomic mass is 9.68. The number of rotatable bonds is 1. The van der Waals surface area contributed by atoms with Crippen LogP contribution >= 0.6 is 0 Å². The maximum atomic E-state index is 4.36. The van der Waals surface area contributed by atoms with E-state index in [9.17, 15) is 0 Å². The highest BCUT2D eigenvalue weighted by molar-refractivity contribution is 5.91. The average Bonchev–Trinajstić information content (AvgIpc) is 2.83. The predicted molar refractivity (Wildman–Crippen MR) is 79.9 cm³/mol. The van der Waals surface area contributed by atoms with Gasteiger partial charge in [0.25, 0.3) is 0 Å². The van der Waals surface area contributed by atoms with E-state index in [2.05, 4.69) is 53.8 Å². The van der Waals surface area contributed by atoms with Gasteiger partial charge in [0.05, 0.1) is 0 Å². The van der Waals surface area contributed by atoms with Crippen LogP contribution in [0.4, 0.5) is 0 Å². The molecule has 1 aliphatic heterocycles. The zero-order valence-electron chi connectivity index (χ0n) is 10.9. The maximum absolute atomic E-state index is 4.36. The first-order valence-electron chi connectivity index (χ1n) is 6.97. The van der Waals surface area contributed by atoms with Gasteiger partial charge in [-0.15, -0.1) is 6.58 Å². The Kier molecular flexibility index (Phi) is 2.24. The third kappa shape index (κ3) is 1.35. The topological polar surface area (TPSA) is 27.8 Å². The Labute approximate surface area is 113 Å². The Morgan fingerprint density at radius 3 is 2.95 bits per heavy atom. The first-order valence-corrected chi connectivity index (χ1v) is 6.97. The molecule has 19 heavy (non-hydrogen) atoms. The zero-order chi connectivity index (χ0) is 13.0. The number of benzene rings is 1. The lowest BCUT2D eigenvalue weighted by Crippen LogP contribution is -2.42. The van der Waals surface area contributed by atoms with Crippen molar-refractivity contribution >= 4 is 16.5 Å². The number of H-pyrrole nitrogens is 1. The van der Waals surface area contributed by atoms with Gasteiger partial charge in [-0.25, -0.2) is 0 Å². The van der Waals surface area contributed by atoms with Gasteiger partial charge in [-0.2, -0.15) is 0 Å². The zero-order valence-corrected chi connectivity index (χ0v) is 10.9. The van der Waals surface area contributed by atoms with Crippen LogP contribution in [0.5, 0.6) is 0 Å². The molecule has 0 amide bonds. The Hall–Kier alpha value is -1.80. The van der Waals surface area contributed by atoms with E-state index in [1.54, 1.807) is 0 Å². The molecule has 2 nitrogen and oxygen atoms in total. The molecule has 1 aliphatic carbocycles. The summed E-state index contributed by atoms with van der Waals surface area (Å²) >= 11 is 0. The highest BCUT2D eigenvalue weighted by Gasteiger charge is 2.41. The minimum absolute atomic E-state index is 0.382. The Morgan fingerprint density at radius 2 is 2.11 bits per heavy atom.